The van der Waals surface area contributed by atoms with Crippen LogP contribution >= 0.6 is 0 Å². The molecule has 2 aromatic rings. The molecule has 1 saturated carbocycles. The molecular formula is C18H22N4O. The van der Waals surface area contributed by atoms with Crippen molar-refractivity contribution in [1.82, 2.24) is 15.2 Å². The number of pyridine rings is 1. The van der Waals surface area contributed by atoms with Crippen LogP contribution in [0.5, 0.6) is 5.75 Å². The van der Waals surface area contributed by atoms with Gasteiger partial charge in [0.25, 0.3) is 0 Å². The highest BCUT2D eigenvalue weighted by molar-refractivity contribution is 5.40. The molecule has 1 saturated heterocycles. The summed E-state index contributed by atoms with van der Waals surface area (Å²) in [6, 6.07) is 8.02. The zero-order valence-electron chi connectivity index (χ0n) is 13.5. The lowest BCUT2D eigenvalue weighted by atomic mass is 9.81. The fraction of sp³-hybridized carbons (Fsp3) is 0.500. The fourth-order valence-corrected chi connectivity index (χ4v) is 4.04. The molecule has 5 heteroatoms. The molecule has 3 heterocycles. The largest absolute Gasteiger partial charge is 0.491 e. The third-order valence-corrected chi connectivity index (χ3v) is 5.31. The second-order valence-electron chi connectivity index (χ2n) is 6.84. The van der Waals surface area contributed by atoms with Crippen molar-refractivity contribution in [3.05, 3.63) is 42.4 Å². The van der Waals surface area contributed by atoms with Crippen molar-refractivity contribution in [3.8, 4) is 5.75 Å². The maximum atomic E-state index is 6.07. The molecule has 23 heavy (non-hydrogen) atoms. The highest BCUT2D eigenvalue weighted by Gasteiger charge is 2.50. The Morgan fingerprint density at radius 1 is 1.30 bits per heavy atom. The second-order valence-corrected chi connectivity index (χ2v) is 6.84. The van der Waals surface area contributed by atoms with Crippen molar-refractivity contribution >= 4 is 5.82 Å². The van der Waals surface area contributed by atoms with E-state index in [2.05, 4.69) is 26.1 Å². The van der Waals surface area contributed by atoms with Crippen molar-refractivity contribution in [1.29, 1.82) is 0 Å². The molecule has 2 fully saturated rings. The number of ether oxygens (including phenoxy) is 1. The lowest BCUT2D eigenvalue weighted by Crippen LogP contribution is -2.34. The third-order valence-electron chi connectivity index (χ3n) is 5.31. The van der Waals surface area contributed by atoms with E-state index >= 15 is 0 Å². The van der Waals surface area contributed by atoms with Crippen molar-refractivity contribution in [2.24, 2.45) is 11.3 Å². The van der Waals surface area contributed by atoms with Crippen molar-refractivity contribution in [3.63, 3.8) is 0 Å². The van der Waals surface area contributed by atoms with E-state index in [9.17, 15) is 0 Å². The van der Waals surface area contributed by atoms with E-state index in [0.29, 0.717) is 5.92 Å². The van der Waals surface area contributed by atoms with Gasteiger partial charge >= 0.3 is 0 Å². The number of fused-ring (bicyclic) bond motifs is 1. The van der Waals surface area contributed by atoms with Gasteiger partial charge in [0.1, 0.15) is 5.75 Å². The zero-order valence-corrected chi connectivity index (χ0v) is 13.5. The maximum Gasteiger partial charge on any atom is 0.151 e. The minimum absolute atomic E-state index is 0.238. The first kappa shape index (κ1) is 14.4. The highest BCUT2D eigenvalue weighted by atomic mass is 16.5. The van der Waals surface area contributed by atoms with E-state index in [1.54, 1.807) is 12.4 Å². The molecule has 2 aromatic heterocycles. The predicted molar refractivity (Wildman–Crippen MR) is 88.5 cm³/mol. The summed E-state index contributed by atoms with van der Waals surface area (Å²) in [4.78, 5) is 6.51. The van der Waals surface area contributed by atoms with Gasteiger partial charge in [0.2, 0.25) is 0 Å². The van der Waals surface area contributed by atoms with Crippen LogP contribution in [0.25, 0.3) is 0 Å². The summed E-state index contributed by atoms with van der Waals surface area (Å²) < 4.78 is 6.07. The first-order chi connectivity index (χ1) is 11.3. The number of nitrogens with zero attached hydrogens (tertiary/aromatic N) is 4. The highest BCUT2D eigenvalue weighted by Crippen LogP contribution is 2.49. The van der Waals surface area contributed by atoms with Gasteiger partial charge in [-0.3, -0.25) is 4.98 Å². The van der Waals surface area contributed by atoms with Crippen LogP contribution in [-0.2, 0) is 0 Å². The second kappa shape index (κ2) is 5.80. The molecule has 5 nitrogen and oxygen atoms in total. The molecule has 0 N–H and O–H groups in total. The van der Waals surface area contributed by atoms with E-state index in [1.165, 1.54) is 19.3 Å². The van der Waals surface area contributed by atoms with Crippen molar-refractivity contribution in [2.45, 2.75) is 26.2 Å². The Balaban J connectivity index is 1.49. The Kier molecular flexibility index (Phi) is 3.63. The summed E-state index contributed by atoms with van der Waals surface area (Å²) in [5.41, 5.74) is 1.20. The number of aryl methyl sites for hydroxylation is 1. The standard InChI is InChI=1S/C18H22N4O/c1-14-6-7-17(21-20-14)22-11-15-4-2-8-18(15,12-22)13-23-16-5-3-9-19-10-16/h3,5-7,9-10,15H,2,4,8,11-13H2,1H3/t15-,18+/m0/s1. The minimum Gasteiger partial charge on any atom is -0.491 e. The average Bonchev–Trinajstić information content (AvgIpc) is 3.12. The van der Waals surface area contributed by atoms with E-state index in [0.717, 1.165) is 37.0 Å². The van der Waals surface area contributed by atoms with Crippen LogP contribution in [0.15, 0.2) is 36.7 Å². The van der Waals surface area contributed by atoms with Gasteiger partial charge in [0.05, 0.1) is 18.5 Å². The first-order valence-electron chi connectivity index (χ1n) is 8.33. The van der Waals surface area contributed by atoms with Crippen LogP contribution in [-0.4, -0.2) is 34.9 Å². The average molecular weight is 310 g/mol. The van der Waals surface area contributed by atoms with E-state index in [1.807, 2.05) is 25.1 Å². The minimum atomic E-state index is 0.238. The van der Waals surface area contributed by atoms with Gasteiger partial charge in [0.15, 0.2) is 5.82 Å². The van der Waals surface area contributed by atoms with Crippen LogP contribution in [0.2, 0.25) is 0 Å². The Bertz CT molecular complexity index is 660. The number of aromatic nitrogens is 3. The van der Waals surface area contributed by atoms with Gasteiger partial charge in [-0.2, -0.15) is 5.10 Å². The van der Waals surface area contributed by atoms with Gasteiger partial charge in [-0.15, -0.1) is 5.10 Å². The Labute approximate surface area is 136 Å². The molecule has 2 aliphatic rings. The summed E-state index contributed by atoms with van der Waals surface area (Å²) in [6.07, 6.45) is 7.38. The molecule has 4 rings (SSSR count). The molecular weight excluding hydrogens is 288 g/mol. The number of anilines is 1. The summed E-state index contributed by atoms with van der Waals surface area (Å²) in [5.74, 6) is 2.54. The van der Waals surface area contributed by atoms with Gasteiger partial charge in [-0.05, 0) is 49.9 Å². The SMILES string of the molecule is Cc1ccc(N2C[C@@H]3CCC[C@]3(COc3cccnc3)C2)nn1. The quantitative estimate of drug-likeness (QED) is 0.869. The first-order valence-corrected chi connectivity index (χ1v) is 8.33. The van der Waals surface area contributed by atoms with Gasteiger partial charge in [-0.1, -0.05) is 6.42 Å². The molecule has 0 spiro atoms. The topological polar surface area (TPSA) is 51.1 Å². The summed E-state index contributed by atoms with van der Waals surface area (Å²) in [7, 11) is 0. The molecule has 1 aliphatic carbocycles. The van der Waals surface area contributed by atoms with Crippen LogP contribution in [0.4, 0.5) is 5.82 Å². The lowest BCUT2D eigenvalue weighted by molar-refractivity contribution is 0.138. The molecule has 0 radical (unpaired) electrons. The summed E-state index contributed by atoms with van der Waals surface area (Å²) >= 11 is 0. The van der Waals surface area contributed by atoms with Crippen LogP contribution in [0.1, 0.15) is 25.0 Å². The van der Waals surface area contributed by atoms with Gasteiger partial charge in [-0.25, -0.2) is 0 Å². The van der Waals surface area contributed by atoms with Crippen LogP contribution in [0.3, 0.4) is 0 Å². The maximum absolute atomic E-state index is 6.07. The van der Waals surface area contributed by atoms with E-state index in [4.69, 9.17) is 4.74 Å². The number of hydrogen-bond donors (Lipinski definition) is 0. The molecule has 0 aromatic carbocycles. The molecule has 2 atom stereocenters. The molecule has 120 valence electrons. The molecule has 0 unspecified atom stereocenters. The normalized spacial score (nSPS) is 26.3. The Hall–Kier alpha value is -2.17. The van der Waals surface area contributed by atoms with Crippen molar-refractivity contribution in [2.75, 3.05) is 24.6 Å². The Morgan fingerprint density at radius 3 is 3.04 bits per heavy atom. The molecule has 1 aliphatic heterocycles. The third kappa shape index (κ3) is 2.76. The monoisotopic (exact) mass is 310 g/mol. The zero-order chi connectivity index (χ0) is 15.7. The fourth-order valence-electron chi connectivity index (χ4n) is 4.04. The van der Waals surface area contributed by atoms with Crippen LogP contribution in [0, 0.1) is 18.3 Å². The predicted octanol–water partition coefficient (Wildman–Crippen LogP) is 2.87. The summed E-state index contributed by atoms with van der Waals surface area (Å²) in [5, 5.41) is 8.56. The lowest BCUT2D eigenvalue weighted by Gasteiger charge is -2.28. The number of hydrogen-bond acceptors (Lipinski definition) is 5. The van der Waals surface area contributed by atoms with Crippen LogP contribution < -0.4 is 9.64 Å². The van der Waals surface area contributed by atoms with Gasteiger partial charge < -0.3 is 9.64 Å². The molecule has 0 bridgehead atoms. The smallest absolute Gasteiger partial charge is 0.151 e. The molecule has 0 amide bonds. The van der Waals surface area contributed by atoms with Crippen molar-refractivity contribution < 1.29 is 4.74 Å². The van der Waals surface area contributed by atoms with Gasteiger partial charge in [0, 0.05) is 24.7 Å². The summed E-state index contributed by atoms with van der Waals surface area (Å²) in [6.45, 7) is 4.81. The van der Waals surface area contributed by atoms with E-state index < -0.39 is 0 Å². The number of rotatable bonds is 4. The Morgan fingerprint density at radius 2 is 2.26 bits per heavy atom. The van der Waals surface area contributed by atoms with E-state index in [-0.39, 0.29) is 5.41 Å².